The van der Waals surface area contributed by atoms with Gasteiger partial charge in [-0.05, 0) is 49.0 Å². The van der Waals surface area contributed by atoms with Gasteiger partial charge in [0.25, 0.3) is 5.69 Å². The van der Waals surface area contributed by atoms with E-state index in [9.17, 15) is 14.5 Å². The third-order valence-electron chi connectivity index (χ3n) is 3.56. The first-order valence-corrected chi connectivity index (χ1v) is 8.05. The quantitative estimate of drug-likeness (QED) is 0.434. The van der Waals surface area contributed by atoms with Gasteiger partial charge in [-0.2, -0.15) is 0 Å². The zero-order valence-electron chi connectivity index (χ0n) is 14.2. The van der Waals surface area contributed by atoms with Gasteiger partial charge in [0.1, 0.15) is 5.82 Å². The standard InChI is InChI=1S/C17H18FN3O4S/c1-24-15-9-11(14(21(22)23)10-16(15)25-2)7-8-19-17(26)20-13-5-3-12(18)4-6-13/h3-6,9-10H,7-8H2,1-2H3,(H2,19,20,26). The van der Waals surface area contributed by atoms with E-state index in [1.165, 1.54) is 32.4 Å². The van der Waals surface area contributed by atoms with Crippen LogP contribution in [0.25, 0.3) is 0 Å². The number of nitrogens with one attached hydrogen (secondary N) is 2. The van der Waals surface area contributed by atoms with Crippen molar-refractivity contribution in [2.75, 3.05) is 26.1 Å². The van der Waals surface area contributed by atoms with Crippen molar-refractivity contribution in [3.8, 4) is 11.5 Å². The first-order chi connectivity index (χ1) is 12.4. The lowest BCUT2D eigenvalue weighted by atomic mass is 10.1. The molecule has 0 fully saturated rings. The number of benzene rings is 2. The van der Waals surface area contributed by atoms with Crippen LogP contribution < -0.4 is 20.1 Å². The predicted molar refractivity (Wildman–Crippen MR) is 101 cm³/mol. The summed E-state index contributed by atoms with van der Waals surface area (Å²) in [7, 11) is 2.88. The van der Waals surface area contributed by atoms with E-state index in [1.807, 2.05) is 0 Å². The number of thiocarbonyl (C=S) groups is 1. The van der Waals surface area contributed by atoms with Gasteiger partial charge in [0.05, 0.1) is 25.2 Å². The number of hydrogen-bond acceptors (Lipinski definition) is 5. The number of nitro groups is 1. The van der Waals surface area contributed by atoms with Crippen molar-refractivity contribution in [1.29, 1.82) is 0 Å². The molecule has 0 spiro atoms. The molecule has 0 bridgehead atoms. The van der Waals surface area contributed by atoms with Crippen LogP contribution in [0.2, 0.25) is 0 Å². The summed E-state index contributed by atoms with van der Waals surface area (Å²) in [5.41, 5.74) is 1.08. The minimum atomic E-state index is -0.466. The molecule has 2 aromatic rings. The minimum Gasteiger partial charge on any atom is -0.493 e. The summed E-state index contributed by atoms with van der Waals surface area (Å²) < 4.78 is 23.2. The Labute approximate surface area is 155 Å². The monoisotopic (exact) mass is 379 g/mol. The fraction of sp³-hybridized carbons (Fsp3) is 0.235. The third kappa shape index (κ3) is 5.03. The van der Waals surface area contributed by atoms with E-state index in [-0.39, 0.29) is 11.5 Å². The van der Waals surface area contributed by atoms with Gasteiger partial charge in [0, 0.05) is 17.8 Å². The SMILES string of the molecule is COc1cc(CCNC(=S)Nc2ccc(F)cc2)c([N+](=O)[O-])cc1OC. The molecule has 0 heterocycles. The summed E-state index contributed by atoms with van der Waals surface area (Å²) in [6.07, 6.45) is 0.349. The molecule has 0 radical (unpaired) electrons. The van der Waals surface area contributed by atoms with Gasteiger partial charge in [-0.25, -0.2) is 4.39 Å². The minimum absolute atomic E-state index is 0.0538. The summed E-state index contributed by atoms with van der Waals surface area (Å²) >= 11 is 5.16. The maximum Gasteiger partial charge on any atom is 0.276 e. The zero-order valence-corrected chi connectivity index (χ0v) is 15.1. The van der Waals surface area contributed by atoms with Crippen LogP contribution in [0.15, 0.2) is 36.4 Å². The Morgan fingerprint density at radius 1 is 1.19 bits per heavy atom. The number of hydrogen-bond donors (Lipinski definition) is 2. The summed E-state index contributed by atoms with van der Waals surface area (Å²) in [5.74, 6) is 0.375. The Morgan fingerprint density at radius 3 is 2.38 bits per heavy atom. The van der Waals surface area contributed by atoms with Gasteiger partial charge in [-0.3, -0.25) is 10.1 Å². The summed E-state index contributed by atoms with van der Waals surface area (Å²) in [6, 6.07) is 8.67. The number of methoxy groups -OCH3 is 2. The van der Waals surface area contributed by atoms with Crippen molar-refractivity contribution >= 4 is 28.7 Å². The summed E-state index contributed by atoms with van der Waals surface area (Å²) in [4.78, 5) is 10.8. The molecule has 0 amide bonds. The Morgan fingerprint density at radius 2 is 1.81 bits per heavy atom. The highest BCUT2D eigenvalue weighted by molar-refractivity contribution is 7.80. The molecular weight excluding hydrogens is 361 g/mol. The molecule has 0 saturated carbocycles. The molecule has 0 aliphatic heterocycles. The van der Waals surface area contributed by atoms with E-state index >= 15 is 0 Å². The van der Waals surface area contributed by atoms with Gasteiger partial charge in [-0.15, -0.1) is 0 Å². The van der Waals surface area contributed by atoms with Crippen LogP contribution in [0.3, 0.4) is 0 Å². The lowest BCUT2D eigenvalue weighted by Gasteiger charge is -2.12. The number of nitrogens with zero attached hydrogens (tertiary/aromatic N) is 1. The highest BCUT2D eigenvalue weighted by Crippen LogP contribution is 2.34. The number of nitro benzene ring substituents is 1. The largest absolute Gasteiger partial charge is 0.493 e. The molecule has 7 nitrogen and oxygen atoms in total. The van der Waals surface area contributed by atoms with Crippen LogP contribution in [-0.2, 0) is 6.42 Å². The highest BCUT2D eigenvalue weighted by atomic mass is 32.1. The Balaban J connectivity index is 2.00. The lowest BCUT2D eigenvalue weighted by molar-refractivity contribution is -0.385. The molecular formula is C17H18FN3O4S. The molecule has 0 aliphatic rings. The van der Waals surface area contributed by atoms with E-state index in [0.717, 1.165) is 0 Å². The third-order valence-corrected chi connectivity index (χ3v) is 3.81. The molecule has 0 aromatic heterocycles. The van der Waals surface area contributed by atoms with Gasteiger partial charge >= 0.3 is 0 Å². The predicted octanol–water partition coefficient (Wildman–Crippen LogP) is 3.28. The van der Waals surface area contributed by atoms with E-state index in [2.05, 4.69) is 10.6 Å². The Bertz CT molecular complexity index is 799. The second-order valence-electron chi connectivity index (χ2n) is 5.23. The topological polar surface area (TPSA) is 85.7 Å². The molecule has 0 aliphatic carbocycles. The van der Waals surface area contributed by atoms with E-state index in [0.29, 0.717) is 40.8 Å². The number of halogens is 1. The number of rotatable bonds is 7. The average molecular weight is 379 g/mol. The van der Waals surface area contributed by atoms with E-state index < -0.39 is 4.92 Å². The molecule has 0 saturated heterocycles. The zero-order chi connectivity index (χ0) is 19.1. The van der Waals surface area contributed by atoms with Crippen LogP contribution >= 0.6 is 12.2 Å². The van der Waals surface area contributed by atoms with Crippen molar-refractivity contribution in [1.82, 2.24) is 5.32 Å². The fourth-order valence-electron chi connectivity index (χ4n) is 2.30. The number of ether oxygens (including phenoxy) is 2. The molecule has 2 rings (SSSR count). The van der Waals surface area contributed by atoms with Crippen LogP contribution in [0, 0.1) is 15.9 Å². The molecule has 0 atom stereocenters. The van der Waals surface area contributed by atoms with Crippen molar-refractivity contribution < 1.29 is 18.8 Å². The van der Waals surface area contributed by atoms with Gasteiger partial charge in [-0.1, -0.05) is 0 Å². The van der Waals surface area contributed by atoms with Crippen molar-refractivity contribution in [2.24, 2.45) is 0 Å². The van der Waals surface area contributed by atoms with Gasteiger partial charge < -0.3 is 20.1 Å². The molecule has 0 unspecified atom stereocenters. The second-order valence-corrected chi connectivity index (χ2v) is 5.64. The normalized spacial score (nSPS) is 10.1. The van der Waals surface area contributed by atoms with Crippen LogP contribution in [0.1, 0.15) is 5.56 Å². The van der Waals surface area contributed by atoms with E-state index in [1.54, 1.807) is 18.2 Å². The molecule has 138 valence electrons. The first kappa shape index (κ1) is 19.4. The summed E-state index contributed by atoms with van der Waals surface area (Å²) in [6.45, 7) is 0.364. The highest BCUT2D eigenvalue weighted by Gasteiger charge is 2.19. The number of anilines is 1. The van der Waals surface area contributed by atoms with Gasteiger partial charge in [0.15, 0.2) is 16.6 Å². The molecule has 26 heavy (non-hydrogen) atoms. The van der Waals surface area contributed by atoms with E-state index in [4.69, 9.17) is 21.7 Å². The maximum atomic E-state index is 12.9. The Hall–Kier alpha value is -2.94. The van der Waals surface area contributed by atoms with Gasteiger partial charge in [0.2, 0.25) is 0 Å². The lowest BCUT2D eigenvalue weighted by Crippen LogP contribution is -2.30. The molecule has 2 N–H and O–H groups in total. The van der Waals surface area contributed by atoms with Crippen molar-refractivity contribution in [3.63, 3.8) is 0 Å². The smallest absolute Gasteiger partial charge is 0.276 e. The molecule has 9 heteroatoms. The maximum absolute atomic E-state index is 12.9. The van der Waals surface area contributed by atoms with Crippen molar-refractivity contribution in [2.45, 2.75) is 6.42 Å². The Kier molecular flexibility index (Phi) is 6.67. The molecule has 2 aromatic carbocycles. The average Bonchev–Trinajstić information content (AvgIpc) is 2.62. The first-order valence-electron chi connectivity index (χ1n) is 7.64. The van der Waals surface area contributed by atoms with Crippen LogP contribution in [0.4, 0.5) is 15.8 Å². The summed E-state index contributed by atoms with van der Waals surface area (Å²) in [5, 5.41) is 17.5. The van der Waals surface area contributed by atoms with Crippen molar-refractivity contribution in [3.05, 3.63) is 57.9 Å². The van der Waals surface area contributed by atoms with Crippen LogP contribution in [-0.4, -0.2) is 30.8 Å². The fourth-order valence-corrected chi connectivity index (χ4v) is 2.52. The van der Waals surface area contributed by atoms with Crippen LogP contribution in [0.5, 0.6) is 11.5 Å². The second kappa shape index (κ2) is 8.95.